The molecule has 0 bridgehead atoms. The van der Waals surface area contributed by atoms with Crippen LogP contribution in [0.3, 0.4) is 0 Å². The Balaban J connectivity index is 0.00000208. The van der Waals surface area contributed by atoms with Crippen molar-refractivity contribution in [3.63, 3.8) is 0 Å². The highest BCUT2D eigenvalue weighted by atomic mass is 127. The zero-order chi connectivity index (χ0) is 16.1. The summed E-state index contributed by atoms with van der Waals surface area (Å²) < 4.78 is 0. The van der Waals surface area contributed by atoms with Gasteiger partial charge in [0.05, 0.1) is 6.54 Å². The van der Waals surface area contributed by atoms with Gasteiger partial charge >= 0.3 is 0 Å². The first-order valence-electron chi connectivity index (χ1n) is 8.60. The van der Waals surface area contributed by atoms with E-state index >= 15 is 0 Å². The highest BCUT2D eigenvalue weighted by molar-refractivity contribution is 14.0. The Bertz CT molecular complexity index is 666. The molecular weight excluding hydrogens is 413 g/mol. The van der Waals surface area contributed by atoms with Crippen molar-refractivity contribution >= 4 is 40.8 Å². The molecule has 1 aliphatic rings. The Hall–Kier alpha value is -1.28. The van der Waals surface area contributed by atoms with Crippen LogP contribution in [0.5, 0.6) is 0 Å². The molecule has 1 aliphatic heterocycles. The number of likely N-dealkylation sites (N-methyl/N-ethyl adjacent to an activating group) is 1. The van der Waals surface area contributed by atoms with Crippen LogP contribution in [0, 0.1) is 0 Å². The van der Waals surface area contributed by atoms with Crippen LogP contribution in [-0.2, 0) is 6.42 Å². The van der Waals surface area contributed by atoms with E-state index in [0.29, 0.717) is 12.0 Å². The minimum Gasteiger partial charge on any atom is -0.370 e. The molecule has 1 aromatic heterocycles. The van der Waals surface area contributed by atoms with Gasteiger partial charge < -0.3 is 16.0 Å². The van der Waals surface area contributed by atoms with E-state index in [9.17, 15) is 0 Å². The molecule has 1 fully saturated rings. The fourth-order valence-electron chi connectivity index (χ4n) is 3.44. The van der Waals surface area contributed by atoms with Gasteiger partial charge in [0.2, 0.25) is 0 Å². The quantitative estimate of drug-likeness (QED) is 0.367. The van der Waals surface area contributed by atoms with Crippen LogP contribution in [0.1, 0.15) is 25.3 Å². The lowest BCUT2D eigenvalue weighted by molar-refractivity contribution is 0.273. The number of aromatic amines is 1. The molecule has 132 valence electrons. The molecule has 0 radical (unpaired) electrons. The minimum absolute atomic E-state index is 0. The summed E-state index contributed by atoms with van der Waals surface area (Å²) in [5.41, 5.74) is 8.50. The number of hydrogen-bond acceptors (Lipinski definition) is 2. The zero-order valence-electron chi connectivity index (χ0n) is 14.3. The third-order valence-corrected chi connectivity index (χ3v) is 4.75. The molecule has 0 aliphatic carbocycles. The molecule has 1 atom stereocenters. The van der Waals surface area contributed by atoms with Crippen molar-refractivity contribution in [3.8, 4) is 0 Å². The van der Waals surface area contributed by atoms with Crippen molar-refractivity contribution < 1.29 is 0 Å². The number of nitrogens with zero attached hydrogens (tertiary/aromatic N) is 2. The highest BCUT2D eigenvalue weighted by Crippen LogP contribution is 2.18. The van der Waals surface area contributed by atoms with Gasteiger partial charge in [-0.3, -0.25) is 9.89 Å². The maximum Gasteiger partial charge on any atom is 0.188 e. The smallest absolute Gasteiger partial charge is 0.188 e. The van der Waals surface area contributed by atoms with Crippen LogP contribution < -0.4 is 11.1 Å². The van der Waals surface area contributed by atoms with E-state index in [2.05, 4.69) is 51.5 Å². The summed E-state index contributed by atoms with van der Waals surface area (Å²) in [6.07, 6.45) is 5.53. The standard InChI is InChI=1S/C18H27N5.HI/c1-2-23-11-5-6-15(23)13-22-18(19)20-10-9-14-12-21-17-8-4-3-7-16(14)17;/h3-4,7-8,12,15,21H,2,5-6,9-11,13H2,1H3,(H3,19,20,22);1H. The molecule has 6 heteroatoms. The predicted molar refractivity (Wildman–Crippen MR) is 112 cm³/mol. The van der Waals surface area contributed by atoms with Crippen molar-refractivity contribution in [2.75, 3.05) is 26.2 Å². The fourth-order valence-corrected chi connectivity index (χ4v) is 3.44. The SMILES string of the molecule is CCN1CCCC1CN=C(N)NCCc1c[nH]c2ccccc12.I. The van der Waals surface area contributed by atoms with Crippen molar-refractivity contribution in [3.05, 3.63) is 36.0 Å². The molecule has 2 aromatic rings. The lowest BCUT2D eigenvalue weighted by Crippen LogP contribution is -2.36. The number of benzene rings is 1. The number of nitrogens with two attached hydrogens (primary N) is 1. The molecule has 0 amide bonds. The van der Waals surface area contributed by atoms with Gasteiger partial charge in [-0.2, -0.15) is 0 Å². The third-order valence-electron chi connectivity index (χ3n) is 4.75. The molecule has 3 rings (SSSR count). The van der Waals surface area contributed by atoms with E-state index in [4.69, 9.17) is 5.73 Å². The van der Waals surface area contributed by atoms with Gasteiger partial charge in [0.15, 0.2) is 5.96 Å². The Labute approximate surface area is 161 Å². The lowest BCUT2D eigenvalue weighted by atomic mass is 10.1. The van der Waals surface area contributed by atoms with E-state index in [1.54, 1.807) is 0 Å². The zero-order valence-corrected chi connectivity index (χ0v) is 16.6. The van der Waals surface area contributed by atoms with E-state index < -0.39 is 0 Å². The summed E-state index contributed by atoms with van der Waals surface area (Å²) in [5.74, 6) is 0.563. The number of aromatic nitrogens is 1. The number of para-hydroxylation sites is 1. The fraction of sp³-hybridized carbons (Fsp3) is 0.500. The van der Waals surface area contributed by atoms with Crippen LogP contribution >= 0.6 is 24.0 Å². The van der Waals surface area contributed by atoms with E-state index in [-0.39, 0.29) is 24.0 Å². The first-order valence-corrected chi connectivity index (χ1v) is 8.60. The summed E-state index contributed by atoms with van der Waals surface area (Å²) in [4.78, 5) is 10.3. The van der Waals surface area contributed by atoms with Crippen molar-refractivity contribution in [2.24, 2.45) is 10.7 Å². The van der Waals surface area contributed by atoms with Gasteiger partial charge in [-0.25, -0.2) is 0 Å². The van der Waals surface area contributed by atoms with Crippen LogP contribution in [0.4, 0.5) is 0 Å². The van der Waals surface area contributed by atoms with Crippen molar-refractivity contribution in [2.45, 2.75) is 32.2 Å². The Morgan fingerprint density at radius 3 is 3.08 bits per heavy atom. The number of nitrogens with one attached hydrogen (secondary N) is 2. The monoisotopic (exact) mass is 441 g/mol. The number of halogens is 1. The number of rotatable bonds is 6. The van der Waals surface area contributed by atoms with Gasteiger partial charge in [0, 0.05) is 29.7 Å². The first-order chi connectivity index (χ1) is 11.3. The van der Waals surface area contributed by atoms with Gasteiger partial charge in [0.25, 0.3) is 0 Å². The second-order valence-corrected chi connectivity index (χ2v) is 6.19. The Morgan fingerprint density at radius 2 is 2.25 bits per heavy atom. The average molecular weight is 441 g/mol. The molecule has 0 spiro atoms. The topological polar surface area (TPSA) is 69.4 Å². The molecule has 1 saturated heterocycles. The minimum atomic E-state index is 0. The van der Waals surface area contributed by atoms with E-state index in [1.807, 2.05) is 6.07 Å². The summed E-state index contributed by atoms with van der Waals surface area (Å²) in [7, 11) is 0. The number of aliphatic imine (C=N–C) groups is 1. The molecule has 24 heavy (non-hydrogen) atoms. The number of fused-ring (bicyclic) bond motifs is 1. The summed E-state index contributed by atoms with van der Waals surface area (Å²) in [5, 5.41) is 4.52. The Kier molecular flexibility index (Phi) is 7.36. The normalized spacial score (nSPS) is 18.7. The van der Waals surface area contributed by atoms with Gasteiger partial charge in [0.1, 0.15) is 0 Å². The number of guanidine groups is 1. The molecule has 1 unspecified atom stereocenters. The van der Waals surface area contributed by atoms with Crippen LogP contribution in [0.15, 0.2) is 35.5 Å². The third kappa shape index (κ3) is 4.63. The first kappa shape index (κ1) is 19.1. The molecule has 4 N–H and O–H groups in total. The predicted octanol–water partition coefficient (Wildman–Crippen LogP) is 2.72. The average Bonchev–Trinajstić information content (AvgIpc) is 3.19. The van der Waals surface area contributed by atoms with Gasteiger partial charge in [-0.05, 0) is 44.0 Å². The maximum atomic E-state index is 6.00. The molecule has 0 saturated carbocycles. The number of hydrogen-bond donors (Lipinski definition) is 3. The molecular formula is C18H28IN5. The second-order valence-electron chi connectivity index (χ2n) is 6.19. The Morgan fingerprint density at radius 1 is 1.42 bits per heavy atom. The van der Waals surface area contributed by atoms with Crippen LogP contribution in [0.2, 0.25) is 0 Å². The maximum absolute atomic E-state index is 6.00. The van der Waals surface area contributed by atoms with Gasteiger partial charge in [-0.1, -0.05) is 25.1 Å². The van der Waals surface area contributed by atoms with Crippen molar-refractivity contribution in [1.82, 2.24) is 15.2 Å². The highest BCUT2D eigenvalue weighted by Gasteiger charge is 2.22. The second kappa shape index (κ2) is 9.27. The lowest BCUT2D eigenvalue weighted by Gasteiger charge is -2.20. The number of likely N-dealkylation sites (tertiary alicyclic amines) is 1. The summed E-state index contributed by atoms with van der Waals surface area (Å²) in [6, 6.07) is 8.94. The van der Waals surface area contributed by atoms with E-state index in [0.717, 1.165) is 26.1 Å². The van der Waals surface area contributed by atoms with Gasteiger partial charge in [-0.15, -0.1) is 24.0 Å². The number of H-pyrrole nitrogens is 1. The largest absolute Gasteiger partial charge is 0.370 e. The van der Waals surface area contributed by atoms with Crippen LogP contribution in [0.25, 0.3) is 10.9 Å². The molecule has 1 aromatic carbocycles. The van der Waals surface area contributed by atoms with Crippen molar-refractivity contribution in [1.29, 1.82) is 0 Å². The molecule has 5 nitrogen and oxygen atoms in total. The molecule has 2 heterocycles. The van der Waals surface area contributed by atoms with Crippen LogP contribution in [-0.4, -0.2) is 48.1 Å². The summed E-state index contributed by atoms with van der Waals surface area (Å²) in [6.45, 7) is 6.13. The summed E-state index contributed by atoms with van der Waals surface area (Å²) >= 11 is 0. The van der Waals surface area contributed by atoms with E-state index in [1.165, 1.54) is 35.9 Å².